The summed E-state index contributed by atoms with van der Waals surface area (Å²) in [6.45, 7) is 5.09. The number of hydrogen-bond donors (Lipinski definition) is 4. The molecule has 0 aromatic heterocycles. The van der Waals surface area contributed by atoms with Gasteiger partial charge in [0, 0.05) is 74.9 Å². The number of rotatable bonds is 7. The summed E-state index contributed by atoms with van der Waals surface area (Å²) in [5, 5.41) is 12.9. The van der Waals surface area contributed by atoms with Crippen LogP contribution in [-0.4, -0.2) is 91.5 Å². The highest BCUT2D eigenvalue weighted by atomic mass is 16.2. The maximum Gasteiger partial charge on any atom is 0.258 e. The smallest absolute Gasteiger partial charge is 0.258 e. The topological polar surface area (TPSA) is 106 Å². The van der Waals surface area contributed by atoms with Crippen LogP contribution in [0.25, 0.3) is 0 Å². The van der Waals surface area contributed by atoms with Crippen LogP contribution in [0.4, 0.5) is 0 Å². The third kappa shape index (κ3) is 6.89. The third-order valence-electron chi connectivity index (χ3n) is 9.68. The molecule has 0 atom stereocenters. The van der Waals surface area contributed by atoms with Crippen LogP contribution in [0.2, 0.25) is 0 Å². The molecule has 2 aliphatic heterocycles. The molecule has 9 heteroatoms. The first-order chi connectivity index (χ1) is 18.5. The minimum Gasteiger partial charge on any atom is -0.385 e. The maximum absolute atomic E-state index is 13.3. The van der Waals surface area contributed by atoms with Crippen LogP contribution in [-0.2, 0) is 14.4 Å². The summed E-state index contributed by atoms with van der Waals surface area (Å²) in [7, 11) is 2.19. The van der Waals surface area contributed by atoms with Crippen LogP contribution >= 0.6 is 0 Å². The number of carbonyl (C=O) groups is 3. The molecule has 3 amide bonds. The highest BCUT2D eigenvalue weighted by Crippen LogP contribution is 2.28. The molecule has 0 radical (unpaired) electrons. The minimum atomic E-state index is -0.264. The van der Waals surface area contributed by atoms with E-state index in [2.05, 4.69) is 38.1 Å². The lowest BCUT2D eigenvalue weighted by molar-refractivity contribution is -0.126. The summed E-state index contributed by atoms with van der Waals surface area (Å²) in [5.41, 5.74) is 1.06. The van der Waals surface area contributed by atoms with Crippen molar-refractivity contribution in [3.63, 3.8) is 0 Å². The van der Waals surface area contributed by atoms with Crippen LogP contribution in [0.5, 0.6) is 0 Å². The van der Waals surface area contributed by atoms with E-state index >= 15 is 0 Å². The van der Waals surface area contributed by atoms with Gasteiger partial charge in [-0.05, 0) is 71.3 Å². The van der Waals surface area contributed by atoms with Crippen molar-refractivity contribution < 1.29 is 14.4 Å². The average Bonchev–Trinajstić information content (AvgIpc) is 3.46. The van der Waals surface area contributed by atoms with Crippen LogP contribution in [0.1, 0.15) is 83.5 Å². The van der Waals surface area contributed by atoms with Crippen LogP contribution < -0.4 is 21.3 Å². The fourth-order valence-corrected chi connectivity index (χ4v) is 7.20. The van der Waals surface area contributed by atoms with Gasteiger partial charge in [0.25, 0.3) is 11.8 Å². The number of nitrogens with zero attached hydrogens (tertiary/aromatic N) is 2. The molecule has 0 aromatic carbocycles. The monoisotopic (exact) mass is 528 g/mol. The van der Waals surface area contributed by atoms with E-state index in [1.807, 2.05) is 0 Å². The Morgan fingerprint density at radius 3 is 2.08 bits per heavy atom. The Morgan fingerprint density at radius 2 is 1.39 bits per heavy atom. The number of piperazine rings is 1. The van der Waals surface area contributed by atoms with E-state index in [1.165, 1.54) is 12.8 Å². The molecular weight excluding hydrogens is 480 g/mol. The van der Waals surface area contributed by atoms with E-state index in [0.29, 0.717) is 19.0 Å². The number of carbonyl (C=O) groups excluding carboxylic acids is 3. The van der Waals surface area contributed by atoms with E-state index in [9.17, 15) is 14.4 Å². The molecular formula is C29H48N6O3. The molecule has 0 unspecified atom stereocenters. The van der Waals surface area contributed by atoms with Gasteiger partial charge in [-0.2, -0.15) is 0 Å². The van der Waals surface area contributed by atoms with Crippen molar-refractivity contribution >= 4 is 17.7 Å². The van der Waals surface area contributed by atoms with Crippen molar-refractivity contribution in [2.45, 2.75) is 108 Å². The van der Waals surface area contributed by atoms with E-state index in [-0.39, 0.29) is 47.3 Å². The van der Waals surface area contributed by atoms with Gasteiger partial charge in [-0.25, -0.2) is 0 Å². The van der Waals surface area contributed by atoms with Crippen molar-refractivity contribution in [3.8, 4) is 0 Å². The number of likely N-dealkylation sites (N-methyl/N-ethyl adjacent to an activating group) is 1. The Balaban J connectivity index is 1.10. The molecule has 9 nitrogen and oxygen atoms in total. The Labute approximate surface area is 227 Å². The van der Waals surface area contributed by atoms with E-state index in [0.717, 1.165) is 96.1 Å². The molecule has 2 heterocycles. The lowest BCUT2D eigenvalue weighted by Gasteiger charge is -2.41. The zero-order chi connectivity index (χ0) is 26.5. The standard InChI is InChI=1S/C29H48N6O3/c1-34-16-18-35(19-17-34)24-12-10-23(11-13-24)33-29(38)26-25(14-15-30-28(26)37)31-21-6-8-22(9-7-21)32-27(36)20-4-2-3-5-20/h20-24,31H,2-19H2,1H3,(H,30,37)(H,32,36)(H,33,38). The third-order valence-corrected chi connectivity index (χ3v) is 9.68. The second-order valence-corrected chi connectivity index (χ2v) is 12.4. The van der Waals surface area contributed by atoms with Gasteiger partial charge >= 0.3 is 0 Å². The van der Waals surface area contributed by atoms with Crippen molar-refractivity contribution in [2.24, 2.45) is 5.92 Å². The van der Waals surface area contributed by atoms with Gasteiger partial charge in [-0.15, -0.1) is 0 Å². The SMILES string of the molecule is CN1CCN(C2CCC(NC(=O)C3=C(NC4CCC(NC(=O)C5CCCC5)CC4)CCNC3=O)CC2)CC1. The van der Waals surface area contributed by atoms with Gasteiger partial charge in [0.2, 0.25) is 5.91 Å². The Hall–Kier alpha value is -2.13. The van der Waals surface area contributed by atoms with Crippen LogP contribution in [0.3, 0.4) is 0 Å². The molecule has 4 N–H and O–H groups in total. The molecule has 5 aliphatic rings. The highest BCUT2D eigenvalue weighted by molar-refractivity contribution is 6.19. The molecule has 38 heavy (non-hydrogen) atoms. The van der Waals surface area contributed by atoms with Crippen molar-refractivity contribution in [1.29, 1.82) is 0 Å². The Kier molecular flexibility index (Phi) is 9.25. The average molecular weight is 529 g/mol. The predicted octanol–water partition coefficient (Wildman–Crippen LogP) is 1.64. The zero-order valence-corrected chi connectivity index (χ0v) is 23.2. The summed E-state index contributed by atoms with van der Waals surface area (Å²) >= 11 is 0. The van der Waals surface area contributed by atoms with Crippen molar-refractivity contribution in [1.82, 2.24) is 31.1 Å². The maximum atomic E-state index is 13.3. The molecule has 3 aliphatic carbocycles. The van der Waals surface area contributed by atoms with Gasteiger partial charge < -0.3 is 26.2 Å². The lowest BCUT2D eigenvalue weighted by Crippen LogP contribution is -2.52. The first kappa shape index (κ1) is 27.4. The molecule has 0 aromatic rings. The summed E-state index contributed by atoms with van der Waals surface area (Å²) in [6, 6.07) is 1.23. The Morgan fingerprint density at radius 1 is 0.789 bits per heavy atom. The molecule has 5 rings (SSSR count). The molecule has 212 valence electrons. The van der Waals surface area contributed by atoms with E-state index in [1.54, 1.807) is 0 Å². The van der Waals surface area contributed by atoms with Crippen molar-refractivity contribution in [3.05, 3.63) is 11.3 Å². The summed E-state index contributed by atoms with van der Waals surface area (Å²) < 4.78 is 0. The number of hydrogen-bond acceptors (Lipinski definition) is 6. The molecule has 4 fully saturated rings. The molecule has 1 saturated heterocycles. The quantitative estimate of drug-likeness (QED) is 0.375. The highest BCUT2D eigenvalue weighted by Gasteiger charge is 2.33. The second kappa shape index (κ2) is 12.8. The van der Waals surface area contributed by atoms with Gasteiger partial charge in [0.05, 0.1) is 0 Å². The lowest BCUT2D eigenvalue weighted by atomic mass is 9.89. The van der Waals surface area contributed by atoms with Gasteiger partial charge in [-0.1, -0.05) is 12.8 Å². The summed E-state index contributed by atoms with van der Waals surface area (Å²) in [4.78, 5) is 43.6. The normalized spacial score (nSPS) is 32.1. The molecule has 0 bridgehead atoms. The predicted molar refractivity (Wildman–Crippen MR) is 147 cm³/mol. The van der Waals surface area contributed by atoms with Gasteiger partial charge in [0.15, 0.2) is 0 Å². The van der Waals surface area contributed by atoms with E-state index < -0.39 is 0 Å². The van der Waals surface area contributed by atoms with Crippen LogP contribution in [0.15, 0.2) is 11.3 Å². The molecule has 3 saturated carbocycles. The zero-order valence-electron chi connectivity index (χ0n) is 23.2. The van der Waals surface area contributed by atoms with Gasteiger partial charge in [0.1, 0.15) is 5.57 Å². The summed E-state index contributed by atoms with van der Waals surface area (Å²) in [5.74, 6) is -0.0492. The van der Waals surface area contributed by atoms with Crippen molar-refractivity contribution in [2.75, 3.05) is 39.8 Å². The van der Waals surface area contributed by atoms with Gasteiger partial charge in [-0.3, -0.25) is 19.3 Å². The van der Waals surface area contributed by atoms with Crippen LogP contribution in [0, 0.1) is 5.92 Å². The first-order valence-corrected chi connectivity index (χ1v) is 15.3. The fourth-order valence-electron chi connectivity index (χ4n) is 7.20. The molecule has 0 spiro atoms. The Bertz CT molecular complexity index is 877. The van der Waals surface area contributed by atoms with E-state index in [4.69, 9.17) is 0 Å². The second-order valence-electron chi connectivity index (χ2n) is 12.4. The fraction of sp³-hybridized carbons (Fsp3) is 0.828. The number of nitrogens with one attached hydrogen (secondary N) is 4. The number of amides is 3. The first-order valence-electron chi connectivity index (χ1n) is 15.3. The largest absolute Gasteiger partial charge is 0.385 e. The summed E-state index contributed by atoms with van der Waals surface area (Å²) in [6.07, 6.45) is 13.0. The minimum absolute atomic E-state index is 0.133.